The summed E-state index contributed by atoms with van der Waals surface area (Å²) in [5.74, 6) is 2.79. The molecule has 0 aliphatic carbocycles. The van der Waals surface area contributed by atoms with Crippen LogP contribution in [-0.2, 0) is 11.2 Å². The predicted octanol–water partition coefficient (Wildman–Crippen LogP) is 2.76. The number of aryl methyl sites for hydroxylation is 1. The Kier molecular flexibility index (Phi) is 5.17. The fraction of sp³-hybridized carbons (Fsp3) is 0.733. The molecule has 1 aliphatic rings. The van der Waals surface area contributed by atoms with Crippen LogP contribution in [0.2, 0.25) is 0 Å². The minimum Gasteiger partial charge on any atom is -0.378 e. The van der Waals surface area contributed by atoms with Crippen molar-refractivity contribution < 1.29 is 4.74 Å². The second kappa shape index (κ2) is 6.88. The van der Waals surface area contributed by atoms with Gasteiger partial charge < -0.3 is 15.4 Å². The topological polar surface area (TPSA) is 59.1 Å². The van der Waals surface area contributed by atoms with Gasteiger partial charge in [-0.05, 0) is 33.1 Å². The van der Waals surface area contributed by atoms with Crippen molar-refractivity contribution in [2.24, 2.45) is 0 Å². The molecule has 2 rings (SSSR count). The van der Waals surface area contributed by atoms with Crippen LogP contribution < -0.4 is 10.6 Å². The van der Waals surface area contributed by atoms with E-state index in [0.717, 1.165) is 55.3 Å². The third-order valence-electron chi connectivity index (χ3n) is 3.73. The molecule has 1 aliphatic heterocycles. The molecule has 0 saturated carbocycles. The first-order valence-electron chi connectivity index (χ1n) is 7.57. The number of aromatic nitrogens is 2. The number of nitrogens with one attached hydrogen (secondary N) is 2. The van der Waals surface area contributed by atoms with E-state index in [2.05, 4.69) is 41.4 Å². The van der Waals surface area contributed by atoms with Gasteiger partial charge in [-0.25, -0.2) is 9.97 Å². The number of nitrogens with zero attached hydrogens (tertiary/aromatic N) is 2. The highest BCUT2D eigenvalue weighted by Crippen LogP contribution is 2.24. The lowest BCUT2D eigenvalue weighted by Crippen LogP contribution is -2.33. The van der Waals surface area contributed by atoms with Crippen molar-refractivity contribution in [3.63, 3.8) is 0 Å². The monoisotopic (exact) mass is 278 g/mol. The number of hydrogen-bond donors (Lipinski definition) is 2. The van der Waals surface area contributed by atoms with Crippen molar-refractivity contribution in [1.82, 2.24) is 9.97 Å². The van der Waals surface area contributed by atoms with Gasteiger partial charge in [0.05, 0.1) is 6.10 Å². The van der Waals surface area contributed by atoms with Crippen LogP contribution in [0, 0.1) is 6.92 Å². The first kappa shape index (κ1) is 15.0. The smallest absolute Gasteiger partial charge is 0.134 e. The molecule has 1 aromatic heterocycles. The van der Waals surface area contributed by atoms with Gasteiger partial charge in [-0.15, -0.1) is 0 Å². The zero-order chi connectivity index (χ0) is 14.5. The van der Waals surface area contributed by atoms with E-state index in [4.69, 9.17) is 4.74 Å². The third-order valence-corrected chi connectivity index (χ3v) is 3.73. The summed E-state index contributed by atoms with van der Waals surface area (Å²) in [6, 6.07) is 0.437. The number of rotatable bonds is 5. The Balaban J connectivity index is 2.18. The number of ether oxygens (including phenoxy) is 1. The summed E-state index contributed by atoms with van der Waals surface area (Å²) < 4.78 is 5.60. The average molecular weight is 278 g/mol. The van der Waals surface area contributed by atoms with E-state index in [1.165, 1.54) is 0 Å². The van der Waals surface area contributed by atoms with Gasteiger partial charge in [0.1, 0.15) is 17.5 Å². The van der Waals surface area contributed by atoms with E-state index in [-0.39, 0.29) is 0 Å². The minimum atomic E-state index is 0.322. The summed E-state index contributed by atoms with van der Waals surface area (Å²) in [7, 11) is 1.91. The maximum atomic E-state index is 5.60. The Bertz CT molecular complexity index is 450. The quantitative estimate of drug-likeness (QED) is 0.867. The van der Waals surface area contributed by atoms with Gasteiger partial charge in [0, 0.05) is 31.7 Å². The summed E-state index contributed by atoms with van der Waals surface area (Å²) >= 11 is 0. The van der Waals surface area contributed by atoms with Crippen LogP contribution in [-0.4, -0.2) is 35.8 Å². The van der Waals surface area contributed by atoms with Crippen LogP contribution in [0.5, 0.6) is 0 Å². The molecular formula is C15H26N4O. The molecule has 1 fully saturated rings. The zero-order valence-corrected chi connectivity index (χ0v) is 13.0. The molecule has 112 valence electrons. The summed E-state index contributed by atoms with van der Waals surface area (Å²) in [5.41, 5.74) is 1.09. The van der Waals surface area contributed by atoms with Crippen LogP contribution in [0.4, 0.5) is 11.6 Å². The summed E-state index contributed by atoms with van der Waals surface area (Å²) in [6.45, 7) is 7.16. The highest BCUT2D eigenvalue weighted by atomic mass is 16.5. The molecule has 5 nitrogen and oxygen atoms in total. The molecule has 0 aromatic carbocycles. The Morgan fingerprint density at radius 3 is 2.70 bits per heavy atom. The Labute approximate surface area is 121 Å². The Morgan fingerprint density at radius 1 is 1.30 bits per heavy atom. The molecule has 0 bridgehead atoms. The summed E-state index contributed by atoms with van der Waals surface area (Å²) in [4.78, 5) is 9.25. The van der Waals surface area contributed by atoms with Crippen LogP contribution in [0.25, 0.3) is 0 Å². The van der Waals surface area contributed by atoms with Crippen molar-refractivity contribution >= 4 is 11.6 Å². The SMILES string of the molecule is CCCc1nc(NC)c(C)c(NC2CCOC(C)C2)n1. The molecule has 1 saturated heterocycles. The Hall–Kier alpha value is -1.36. The zero-order valence-electron chi connectivity index (χ0n) is 13.0. The molecule has 2 atom stereocenters. The molecule has 20 heavy (non-hydrogen) atoms. The highest BCUT2D eigenvalue weighted by Gasteiger charge is 2.21. The van der Waals surface area contributed by atoms with E-state index in [0.29, 0.717) is 12.1 Å². The molecule has 2 unspecified atom stereocenters. The van der Waals surface area contributed by atoms with E-state index >= 15 is 0 Å². The molecular weight excluding hydrogens is 252 g/mol. The van der Waals surface area contributed by atoms with Gasteiger partial charge in [0.15, 0.2) is 0 Å². The second-order valence-corrected chi connectivity index (χ2v) is 5.51. The van der Waals surface area contributed by atoms with E-state index in [1.54, 1.807) is 0 Å². The van der Waals surface area contributed by atoms with Crippen molar-refractivity contribution in [2.45, 2.75) is 58.6 Å². The molecule has 5 heteroatoms. The van der Waals surface area contributed by atoms with Gasteiger partial charge in [0.25, 0.3) is 0 Å². The normalized spacial score (nSPS) is 22.6. The van der Waals surface area contributed by atoms with Crippen LogP contribution >= 0.6 is 0 Å². The van der Waals surface area contributed by atoms with Crippen molar-refractivity contribution in [1.29, 1.82) is 0 Å². The van der Waals surface area contributed by atoms with Gasteiger partial charge >= 0.3 is 0 Å². The Morgan fingerprint density at radius 2 is 2.05 bits per heavy atom. The van der Waals surface area contributed by atoms with Gasteiger partial charge in [-0.3, -0.25) is 0 Å². The van der Waals surface area contributed by atoms with Crippen molar-refractivity contribution in [2.75, 3.05) is 24.3 Å². The van der Waals surface area contributed by atoms with Crippen molar-refractivity contribution in [3.05, 3.63) is 11.4 Å². The van der Waals surface area contributed by atoms with Crippen LogP contribution in [0.3, 0.4) is 0 Å². The standard InChI is InChI=1S/C15H26N4O/c1-5-6-13-18-14(16-4)11(3)15(19-13)17-12-7-8-20-10(2)9-12/h10,12H,5-9H2,1-4H3,(H2,16,17,18,19). The summed E-state index contributed by atoms with van der Waals surface area (Å²) in [6.07, 6.45) is 4.35. The molecule has 2 heterocycles. The van der Waals surface area contributed by atoms with E-state index in [1.807, 2.05) is 7.05 Å². The van der Waals surface area contributed by atoms with Gasteiger partial charge in [-0.1, -0.05) is 6.92 Å². The highest BCUT2D eigenvalue weighted by molar-refractivity contribution is 5.57. The number of hydrogen-bond acceptors (Lipinski definition) is 5. The molecule has 2 N–H and O–H groups in total. The second-order valence-electron chi connectivity index (χ2n) is 5.51. The maximum Gasteiger partial charge on any atom is 0.134 e. The van der Waals surface area contributed by atoms with Crippen LogP contribution in [0.1, 0.15) is 44.5 Å². The van der Waals surface area contributed by atoms with Gasteiger partial charge in [0.2, 0.25) is 0 Å². The minimum absolute atomic E-state index is 0.322. The fourth-order valence-corrected chi connectivity index (χ4v) is 2.60. The van der Waals surface area contributed by atoms with Crippen molar-refractivity contribution in [3.8, 4) is 0 Å². The largest absolute Gasteiger partial charge is 0.378 e. The maximum absolute atomic E-state index is 5.60. The fourth-order valence-electron chi connectivity index (χ4n) is 2.60. The first-order valence-corrected chi connectivity index (χ1v) is 7.57. The van der Waals surface area contributed by atoms with E-state index in [9.17, 15) is 0 Å². The lowest BCUT2D eigenvalue weighted by atomic mass is 10.0. The third kappa shape index (κ3) is 3.60. The lowest BCUT2D eigenvalue weighted by Gasteiger charge is -2.29. The van der Waals surface area contributed by atoms with E-state index < -0.39 is 0 Å². The average Bonchev–Trinajstić information content (AvgIpc) is 2.42. The number of anilines is 2. The molecule has 1 aromatic rings. The molecule has 0 radical (unpaired) electrons. The predicted molar refractivity (Wildman–Crippen MR) is 82.4 cm³/mol. The van der Waals surface area contributed by atoms with Gasteiger partial charge in [-0.2, -0.15) is 0 Å². The lowest BCUT2D eigenvalue weighted by molar-refractivity contribution is 0.0231. The first-order chi connectivity index (χ1) is 9.63. The molecule has 0 amide bonds. The molecule has 0 spiro atoms. The summed E-state index contributed by atoms with van der Waals surface area (Å²) in [5, 5.41) is 6.75. The van der Waals surface area contributed by atoms with Crippen LogP contribution in [0.15, 0.2) is 0 Å².